The zero-order valence-electron chi connectivity index (χ0n) is 10.6. The van der Waals surface area contributed by atoms with E-state index in [1.807, 2.05) is 38.2 Å². The van der Waals surface area contributed by atoms with E-state index in [1.165, 1.54) is 0 Å². The third-order valence-electron chi connectivity index (χ3n) is 1.94. The molecule has 0 rings (SSSR count). The van der Waals surface area contributed by atoms with Crippen LogP contribution in [0.4, 0.5) is 0 Å². The molecule has 0 aliphatic heterocycles. The van der Waals surface area contributed by atoms with Crippen molar-refractivity contribution in [3.63, 3.8) is 0 Å². The first-order valence-corrected chi connectivity index (χ1v) is 5.56. The van der Waals surface area contributed by atoms with Gasteiger partial charge in [-0.1, -0.05) is 44.4 Å². The molecule has 0 atom stereocenters. The van der Waals surface area contributed by atoms with Gasteiger partial charge in [0.2, 0.25) is 0 Å². The second-order valence-corrected chi connectivity index (χ2v) is 3.21. The van der Waals surface area contributed by atoms with Crippen molar-refractivity contribution in [1.82, 2.24) is 5.32 Å². The number of guanidine groups is 1. The number of allylic oxidation sites excluding steroid dienone is 7. The monoisotopic (exact) mass is 231 g/mol. The number of nitrogens with two attached hydrogens (primary N) is 1. The summed E-state index contributed by atoms with van der Waals surface area (Å²) >= 11 is 0. The van der Waals surface area contributed by atoms with Gasteiger partial charge >= 0.3 is 0 Å². The van der Waals surface area contributed by atoms with Crippen LogP contribution in [0.25, 0.3) is 0 Å². The van der Waals surface area contributed by atoms with Gasteiger partial charge in [0.1, 0.15) is 0 Å². The van der Waals surface area contributed by atoms with Crippen LogP contribution in [0.2, 0.25) is 0 Å². The average Bonchev–Trinajstić information content (AvgIpc) is 2.33. The summed E-state index contributed by atoms with van der Waals surface area (Å²) in [5, 5.41) is 3.03. The maximum atomic E-state index is 5.79. The minimum Gasteiger partial charge on any atom is -0.369 e. The van der Waals surface area contributed by atoms with Gasteiger partial charge < -0.3 is 11.1 Å². The lowest BCUT2D eigenvalue weighted by Gasteiger charge is -2.07. The Bertz CT molecular complexity index is 371. The first-order valence-electron chi connectivity index (χ1n) is 5.56. The van der Waals surface area contributed by atoms with Crippen molar-refractivity contribution < 1.29 is 0 Å². The normalized spacial score (nSPS) is 13.9. The van der Waals surface area contributed by atoms with E-state index in [9.17, 15) is 0 Å². The van der Waals surface area contributed by atoms with E-state index in [0.29, 0.717) is 5.96 Å². The molecule has 0 spiro atoms. The Morgan fingerprint density at radius 2 is 2.06 bits per heavy atom. The SMILES string of the molecule is C=C/C=C\C(=C/C)N=C(N)N/C(=C/C=C)CC. The van der Waals surface area contributed by atoms with E-state index in [2.05, 4.69) is 23.5 Å². The lowest BCUT2D eigenvalue weighted by atomic mass is 10.3. The zero-order chi connectivity index (χ0) is 13.1. The molecule has 17 heavy (non-hydrogen) atoms. The number of hydrogen-bond acceptors (Lipinski definition) is 1. The maximum absolute atomic E-state index is 5.79. The molecule has 3 nitrogen and oxygen atoms in total. The molecule has 0 aromatic rings. The molecular formula is C14H21N3. The van der Waals surface area contributed by atoms with Crippen molar-refractivity contribution in [2.75, 3.05) is 0 Å². The molecular weight excluding hydrogens is 210 g/mol. The molecule has 0 bridgehead atoms. The van der Waals surface area contributed by atoms with Crippen molar-refractivity contribution in [1.29, 1.82) is 0 Å². The second kappa shape index (κ2) is 9.21. The third kappa shape index (κ3) is 6.95. The molecule has 0 aromatic heterocycles. The van der Waals surface area contributed by atoms with Crippen LogP contribution in [0, 0.1) is 0 Å². The van der Waals surface area contributed by atoms with Crippen LogP contribution < -0.4 is 11.1 Å². The highest BCUT2D eigenvalue weighted by Crippen LogP contribution is 2.00. The van der Waals surface area contributed by atoms with Gasteiger partial charge in [-0.2, -0.15) is 0 Å². The van der Waals surface area contributed by atoms with Crippen LogP contribution in [-0.4, -0.2) is 5.96 Å². The molecule has 0 amide bonds. The summed E-state index contributed by atoms with van der Waals surface area (Å²) in [6.07, 6.45) is 11.6. The van der Waals surface area contributed by atoms with E-state index in [0.717, 1.165) is 17.8 Å². The minimum atomic E-state index is 0.363. The van der Waals surface area contributed by atoms with E-state index in [-0.39, 0.29) is 0 Å². The second-order valence-electron chi connectivity index (χ2n) is 3.21. The van der Waals surface area contributed by atoms with Gasteiger partial charge in [0.25, 0.3) is 0 Å². The number of rotatable bonds is 6. The first-order chi connectivity index (χ1) is 8.17. The summed E-state index contributed by atoms with van der Waals surface area (Å²) in [4.78, 5) is 4.24. The summed E-state index contributed by atoms with van der Waals surface area (Å²) in [5.74, 6) is 0.363. The molecule has 92 valence electrons. The molecule has 0 radical (unpaired) electrons. The molecule has 0 aliphatic rings. The van der Waals surface area contributed by atoms with Crippen molar-refractivity contribution in [3.8, 4) is 0 Å². The lowest BCUT2D eigenvalue weighted by Crippen LogP contribution is -2.30. The molecule has 0 saturated carbocycles. The zero-order valence-corrected chi connectivity index (χ0v) is 10.6. The van der Waals surface area contributed by atoms with Gasteiger partial charge in [0, 0.05) is 5.70 Å². The first kappa shape index (κ1) is 15.0. The largest absolute Gasteiger partial charge is 0.369 e. The highest BCUT2D eigenvalue weighted by atomic mass is 15.1. The fourth-order valence-corrected chi connectivity index (χ4v) is 1.09. The Kier molecular flexibility index (Phi) is 8.11. The van der Waals surface area contributed by atoms with Crippen LogP contribution in [0.1, 0.15) is 20.3 Å². The fourth-order valence-electron chi connectivity index (χ4n) is 1.09. The topological polar surface area (TPSA) is 50.4 Å². The van der Waals surface area contributed by atoms with E-state index in [1.54, 1.807) is 12.2 Å². The predicted octanol–water partition coefficient (Wildman–Crippen LogP) is 3.02. The molecule has 3 N–H and O–H groups in total. The van der Waals surface area contributed by atoms with E-state index < -0.39 is 0 Å². The van der Waals surface area contributed by atoms with E-state index >= 15 is 0 Å². The summed E-state index contributed by atoms with van der Waals surface area (Å²) in [6.45, 7) is 11.2. The quantitative estimate of drug-likeness (QED) is 0.419. The Morgan fingerprint density at radius 3 is 2.53 bits per heavy atom. The summed E-state index contributed by atoms with van der Waals surface area (Å²) in [6, 6.07) is 0. The van der Waals surface area contributed by atoms with Crippen molar-refractivity contribution in [3.05, 3.63) is 61.0 Å². The van der Waals surface area contributed by atoms with Gasteiger partial charge in [-0.05, 0) is 25.5 Å². The number of nitrogens with one attached hydrogen (secondary N) is 1. The molecule has 0 saturated heterocycles. The molecule has 0 aromatic carbocycles. The molecule has 0 aliphatic carbocycles. The van der Waals surface area contributed by atoms with Gasteiger partial charge in [-0.3, -0.25) is 0 Å². The Balaban J connectivity index is 4.72. The van der Waals surface area contributed by atoms with Crippen LogP contribution in [0.5, 0.6) is 0 Å². The molecule has 3 heteroatoms. The van der Waals surface area contributed by atoms with Gasteiger partial charge in [0.15, 0.2) is 5.96 Å². The Labute approximate surface area is 104 Å². The smallest absolute Gasteiger partial charge is 0.198 e. The van der Waals surface area contributed by atoms with Crippen molar-refractivity contribution in [2.45, 2.75) is 20.3 Å². The van der Waals surface area contributed by atoms with Gasteiger partial charge in [-0.25, -0.2) is 4.99 Å². The molecule has 0 heterocycles. The Morgan fingerprint density at radius 1 is 1.35 bits per heavy atom. The minimum absolute atomic E-state index is 0.363. The summed E-state index contributed by atoms with van der Waals surface area (Å²) < 4.78 is 0. The maximum Gasteiger partial charge on any atom is 0.198 e. The van der Waals surface area contributed by atoms with Crippen molar-refractivity contribution >= 4 is 5.96 Å². The highest BCUT2D eigenvalue weighted by molar-refractivity contribution is 5.81. The van der Waals surface area contributed by atoms with Gasteiger partial charge in [0.05, 0.1) is 5.70 Å². The summed E-state index contributed by atoms with van der Waals surface area (Å²) in [7, 11) is 0. The highest BCUT2D eigenvalue weighted by Gasteiger charge is 1.96. The van der Waals surface area contributed by atoms with E-state index in [4.69, 9.17) is 5.73 Å². The molecule has 0 unspecified atom stereocenters. The predicted molar refractivity (Wildman–Crippen MR) is 76.4 cm³/mol. The third-order valence-corrected chi connectivity index (χ3v) is 1.94. The van der Waals surface area contributed by atoms with Crippen molar-refractivity contribution in [2.24, 2.45) is 10.7 Å². The van der Waals surface area contributed by atoms with Crippen LogP contribution in [-0.2, 0) is 0 Å². The van der Waals surface area contributed by atoms with Crippen LogP contribution in [0.3, 0.4) is 0 Å². The standard InChI is InChI=1S/C14H21N3/c1-5-9-11-13(8-4)17-14(15)16-12(7-3)10-6-2/h5-6,8-11H,1-2,7H2,3-4H3,(H3,15,16,17)/b11-9-,12-10+,13-8+. The number of hydrogen-bond donors (Lipinski definition) is 2. The van der Waals surface area contributed by atoms with Crippen LogP contribution >= 0.6 is 0 Å². The lowest BCUT2D eigenvalue weighted by molar-refractivity contribution is 0.966. The molecule has 0 fully saturated rings. The summed E-state index contributed by atoms with van der Waals surface area (Å²) in [5.41, 5.74) is 7.55. The van der Waals surface area contributed by atoms with Crippen LogP contribution in [0.15, 0.2) is 66.0 Å². The number of aliphatic imine (C=N–C) groups is 1. The fraction of sp³-hybridized carbons (Fsp3) is 0.214. The Hall–Kier alpha value is -2.03. The number of nitrogens with zero attached hydrogens (tertiary/aromatic N) is 1. The average molecular weight is 231 g/mol. The van der Waals surface area contributed by atoms with Gasteiger partial charge in [-0.15, -0.1) is 0 Å².